The highest BCUT2D eigenvalue weighted by Crippen LogP contribution is 2.34. The molecule has 4 rings (SSSR count). The SMILES string of the molecule is CCOc1cccc2sc(N3CCN(CCNC(=O)CCOc4ccccc4)CC3)nc12. The molecule has 1 amide bonds. The van der Waals surface area contributed by atoms with Gasteiger partial charge in [0.2, 0.25) is 5.91 Å². The summed E-state index contributed by atoms with van der Waals surface area (Å²) in [6.07, 6.45) is 0.365. The molecule has 0 atom stereocenters. The van der Waals surface area contributed by atoms with E-state index < -0.39 is 0 Å². The molecule has 1 aliphatic heterocycles. The summed E-state index contributed by atoms with van der Waals surface area (Å²) in [4.78, 5) is 21.6. The first-order chi connectivity index (χ1) is 15.7. The fraction of sp³-hybridized carbons (Fsp3) is 0.417. The summed E-state index contributed by atoms with van der Waals surface area (Å²) in [5.74, 6) is 1.68. The van der Waals surface area contributed by atoms with Gasteiger partial charge in [0.05, 0.1) is 24.3 Å². The summed E-state index contributed by atoms with van der Waals surface area (Å²) in [6, 6.07) is 15.7. The Morgan fingerprint density at radius 2 is 1.88 bits per heavy atom. The van der Waals surface area contributed by atoms with Crippen LogP contribution in [-0.2, 0) is 4.79 Å². The van der Waals surface area contributed by atoms with Crippen LogP contribution in [0.15, 0.2) is 48.5 Å². The van der Waals surface area contributed by atoms with E-state index in [1.807, 2.05) is 49.4 Å². The molecule has 8 heteroatoms. The van der Waals surface area contributed by atoms with Crippen molar-refractivity contribution in [3.05, 3.63) is 48.5 Å². The zero-order valence-electron chi connectivity index (χ0n) is 18.5. The average molecular weight is 455 g/mol. The van der Waals surface area contributed by atoms with Gasteiger partial charge in [-0.2, -0.15) is 0 Å². The van der Waals surface area contributed by atoms with E-state index in [2.05, 4.69) is 21.2 Å². The van der Waals surface area contributed by atoms with Gasteiger partial charge in [0.15, 0.2) is 5.13 Å². The Hall–Kier alpha value is -2.84. The van der Waals surface area contributed by atoms with Gasteiger partial charge in [-0.15, -0.1) is 0 Å². The van der Waals surface area contributed by atoms with Gasteiger partial charge in [0, 0.05) is 39.3 Å². The van der Waals surface area contributed by atoms with Gasteiger partial charge in [-0.25, -0.2) is 4.98 Å². The number of thiazole rings is 1. The minimum atomic E-state index is 0.0270. The fourth-order valence-electron chi connectivity index (χ4n) is 3.70. The van der Waals surface area contributed by atoms with Gasteiger partial charge in [-0.05, 0) is 31.2 Å². The van der Waals surface area contributed by atoms with E-state index in [1.54, 1.807) is 11.3 Å². The second kappa shape index (κ2) is 11.2. The number of hydrogen-bond acceptors (Lipinski definition) is 7. The molecule has 2 aromatic carbocycles. The van der Waals surface area contributed by atoms with Crippen molar-refractivity contribution in [2.24, 2.45) is 0 Å². The summed E-state index contributed by atoms with van der Waals surface area (Å²) in [6.45, 7) is 8.32. The predicted octanol–water partition coefficient (Wildman–Crippen LogP) is 3.40. The molecule has 0 bridgehead atoms. The molecule has 1 saturated heterocycles. The lowest BCUT2D eigenvalue weighted by Gasteiger charge is -2.34. The number of ether oxygens (including phenoxy) is 2. The number of para-hydroxylation sites is 2. The molecule has 1 aliphatic rings. The highest BCUT2D eigenvalue weighted by atomic mass is 32.1. The fourth-order valence-corrected chi connectivity index (χ4v) is 4.74. The maximum atomic E-state index is 12.0. The first-order valence-corrected chi connectivity index (χ1v) is 12.0. The lowest BCUT2D eigenvalue weighted by atomic mass is 10.3. The van der Waals surface area contributed by atoms with Crippen LogP contribution in [0.3, 0.4) is 0 Å². The van der Waals surface area contributed by atoms with E-state index in [4.69, 9.17) is 14.5 Å². The number of hydrogen-bond donors (Lipinski definition) is 1. The summed E-state index contributed by atoms with van der Waals surface area (Å²) >= 11 is 1.72. The largest absolute Gasteiger partial charge is 0.493 e. The number of anilines is 1. The molecule has 1 fully saturated rings. The maximum Gasteiger partial charge on any atom is 0.223 e. The smallest absolute Gasteiger partial charge is 0.223 e. The van der Waals surface area contributed by atoms with Gasteiger partial charge in [-0.3, -0.25) is 9.69 Å². The lowest BCUT2D eigenvalue weighted by molar-refractivity contribution is -0.121. The van der Waals surface area contributed by atoms with E-state index in [1.165, 1.54) is 0 Å². The van der Waals surface area contributed by atoms with E-state index in [9.17, 15) is 4.79 Å². The Kier molecular flexibility index (Phi) is 7.79. The van der Waals surface area contributed by atoms with Crippen molar-refractivity contribution >= 4 is 32.6 Å². The second-order valence-electron chi connectivity index (χ2n) is 7.62. The topological polar surface area (TPSA) is 66.9 Å². The zero-order chi connectivity index (χ0) is 22.2. The number of fused-ring (bicyclic) bond motifs is 1. The van der Waals surface area contributed by atoms with Crippen LogP contribution in [0, 0.1) is 0 Å². The Labute approximate surface area is 192 Å². The maximum absolute atomic E-state index is 12.0. The Morgan fingerprint density at radius 1 is 1.06 bits per heavy atom. The van der Waals surface area contributed by atoms with E-state index in [0.717, 1.165) is 59.6 Å². The number of aromatic nitrogens is 1. The standard InChI is InChI=1S/C24H30N4O3S/c1-2-30-20-9-6-10-21-23(20)26-24(32-21)28-16-14-27(15-17-28)13-12-25-22(29)11-18-31-19-7-4-3-5-8-19/h3-10H,2,11-18H2,1H3,(H,25,29). The number of benzene rings is 2. The Balaban J connectivity index is 1.16. The minimum Gasteiger partial charge on any atom is -0.493 e. The number of nitrogens with zero attached hydrogens (tertiary/aromatic N) is 3. The van der Waals surface area contributed by atoms with Gasteiger partial charge >= 0.3 is 0 Å². The van der Waals surface area contributed by atoms with Gasteiger partial charge in [0.1, 0.15) is 17.0 Å². The molecular weight excluding hydrogens is 424 g/mol. The normalized spacial score (nSPS) is 14.5. The molecule has 2 heterocycles. The molecule has 0 radical (unpaired) electrons. The minimum absolute atomic E-state index is 0.0270. The first-order valence-electron chi connectivity index (χ1n) is 11.2. The van der Waals surface area contributed by atoms with Crippen molar-refractivity contribution in [3.8, 4) is 11.5 Å². The van der Waals surface area contributed by atoms with Crippen LogP contribution in [0.1, 0.15) is 13.3 Å². The van der Waals surface area contributed by atoms with Crippen LogP contribution in [0.2, 0.25) is 0 Å². The molecule has 0 aliphatic carbocycles. The molecule has 0 saturated carbocycles. The van der Waals surface area contributed by atoms with Crippen molar-refractivity contribution in [1.29, 1.82) is 0 Å². The highest BCUT2D eigenvalue weighted by Gasteiger charge is 2.20. The van der Waals surface area contributed by atoms with Crippen molar-refractivity contribution in [3.63, 3.8) is 0 Å². The molecule has 32 heavy (non-hydrogen) atoms. The molecular formula is C24H30N4O3S. The van der Waals surface area contributed by atoms with Crippen molar-refractivity contribution in [1.82, 2.24) is 15.2 Å². The zero-order valence-corrected chi connectivity index (χ0v) is 19.3. The first kappa shape index (κ1) is 22.4. The summed E-state index contributed by atoms with van der Waals surface area (Å²) < 4.78 is 12.5. The molecule has 1 aromatic heterocycles. The van der Waals surface area contributed by atoms with Crippen LogP contribution in [0.5, 0.6) is 11.5 Å². The second-order valence-corrected chi connectivity index (χ2v) is 8.63. The Bertz CT molecular complexity index is 1000. The number of carbonyl (C=O) groups excluding carboxylic acids is 1. The van der Waals surface area contributed by atoms with Gasteiger partial charge in [0.25, 0.3) is 0 Å². The summed E-state index contributed by atoms with van der Waals surface area (Å²) in [5, 5.41) is 4.05. The predicted molar refractivity (Wildman–Crippen MR) is 129 cm³/mol. The molecule has 1 N–H and O–H groups in total. The number of rotatable bonds is 10. The van der Waals surface area contributed by atoms with E-state index in [-0.39, 0.29) is 5.91 Å². The third-order valence-corrected chi connectivity index (χ3v) is 6.49. The lowest BCUT2D eigenvalue weighted by Crippen LogP contribution is -2.48. The molecule has 170 valence electrons. The average Bonchev–Trinajstić information content (AvgIpc) is 3.26. The third-order valence-electron chi connectivity index (χ3n) is 5.40. The molecule has 3 aromatic rings. The van der Waals surface area contributed by atoms with Crippen LogP contribution in [0.4, 0.5) is 5.13 Å². The van der Waals surface area contributed by atoms with Crippen molar-refractivity contribution in [2.75, 3.05) is 57.4 Å². The van der Waals surface area contributed by atoms with Crippen LogP contribution in [-0.4, -0.2) is 68.3 Å². The van der Waals surface area contributed by atoms with E-state index >= 15 is 0 Å². The number of nitrogens with one attached hydrogen (secondary N) is 1. The van der Waals surface area contributed by atoms with Crippen LogP contribution < -0.4 is 19.7 Å². The molecule has 0 unspecified atom stereocenters. The van der Waals surface area contributed by atoms with Gasteiger partial charge in [-0.1, -0.05) is 35.6 Å². The monoisotopic (exact) mass is 454 g/mol. The number of piperazine rings is 1. The van der Waals surface area contributed by atoms with Crippen molar-refractivity contribution in [2.45, 2.75) is 13.3 Å². The van der Waals surface area contributed by atoms with Crippen LogP contribution >= 0.6 is 11.3 Å². The Morgan fingerprint density at radius 3 is 2.66 bits per heavy atom. The highest BCUT2D eigenvalue weighted by molar-refractivity contribution is 7.22. The molecule has 0 spiro atoms. The van der Waals surface area contributed by atoms with E-state index in [0.29, 0.717) is 26.2 Å². The quantitative estimate of drug-likeness (QED) is 0.507. The third kappa shape index (κ3) is 5.89. The summed E-state index contributed by atoms with van der Waals surface area (Å²) in [5.41, 5.74) is 0.954. The van der Waals surface area contributed by atoms with Crippen LogP contribution in [0.25, 0.3) is 10.2 Å². The van der Waals surface area contributed by atoms with Crippen molar-refractivity contribution < 1.29 is 14.3 Å². The molecule has 7 nitrogen and oxygen atoms in total. The summed E-state index contributed by atoms with van der Waals surface area (Å²) in [7, 11) is 0. The number of carbonyl (C=O) groups is 1. The number of amides is 1. The van der Waals surface area contributed by atoms with Gasteiger partial charge < -0.3 is 19.7 Å².